The van der Waals surface area contributed by atoms with Crippen LogP contribution in [0, 0.1) is 0 Å². The van der Waals surface area contributed by atoms with Crippen molar-refractivity contribution in [3.63, 3.8) is 0 Å². The van der Waals surface area contributed by atoms with Crippen molar-refractivity contribution in [1.29, 1.82) is 0 Å². The van der Waals surface area contributed by atoms with Crippen molar-refractivity contribution in [2.75, 3.05) is 26.2 Å². The lowest BCUT2D eigenvalue weighted by Crippen LogP contribution is -2.46. The summed E-state index contributed by atoms with van der Waals surface area (Å²) in [4.78, 5) is 5.06. The molecule has 94 valence electrons. The van der Waals surface area contributed by atoms with Crippen LogP contribution < -0.4 is 0 Å². The van der Waals surface area contributed by atoms with Crippen LogP contribution in [-0.2, 0) is 0 Å². The molecule has 0 unspecified atom stereocenters. The Morgan fingerprint density at radius 1 is 1.00 bits per heavy atom. The van der Waals surface area contributed by atoms with E-state index in [1.54, 1.807) is 0 Å². The van der Waals surface area contributed by atoms with Gasteiger partial charge in [0.25, 0.3) is 0 Å². The highest BCUT2D eigenvalue weighted by Crippen LogP contribution is 2.26. The summed E-state index contributed by atoms with van der Waals surface area (Å²) < 4.78 is 13.1. The average molecular weight is 228 g/mol. The maximum Gasteiger partial charge on any atom is 0.103 e. The van der Waals surface area contributed by atoms with Crippen LogP contribution in [-0.4, -0.2) is 53.7 Å². The van der Waals surface area contributed by atoms with Crippen molar-refractivity contribution < 1.29 is 4.39 Å². The van der Waals surface area contributed by atoms with Gasteiger partial charge < -0.3 is 0 Å². The van der Waals surface area contributed by atoms with Gasteiger partial charge in [-0.3, -0.25) is 9.80 Å². The number of rotatable bonds is 1. The zero-order valence-electron chi connectivity index (χ0n) is 10.9. The number of hydrogen-bond donors (Lipinski definition) is 0. The van der Waals surface area contributed by atoms with E-state index in [0.717, 1.165) is 25.9 Å². The molecule has 0 aromatic carbocycles. The molecule has 2 rings (SSSR count). The third kappa shape index (κ3) is 2.75. The Labute approximate surface area is 98.8 Å². The summed E-state index contributed by atoms with van der Waals surface area (Å²) in [5.74, 6) is 0. The smallest absolute Gasteiger partial charge is 0.103 e. The third-order valence-electron chi connectivity index (χ3n) is 4.09. The molecule has 2 aliphatic rings. The van der Waals surface area contributed by atoms with Crippen LogP contribution in [0.2, 0.25) is 0 Å². The van der Waals surface area contributed by atoms with Crippen LogP contribution in [0.4, 0.5) is 4.39 Å². The molecule has 0 aliphatic carbocycles. The molecule has 2 fully saturated rings. The lowest BCUT2D eigenvalue weighted by atomic mass is 10.1. The molecule has 2 heterocycles. The van der Waals surface area contributed by atoms with Gasteiger partial charge in [0.1, 0.15) is 6.17 Å². The first-order chi connectivity index (χ1) is 7.47. The van der Waals surface area contributed by atoms with E-state index < -0.39 is 6.17 Å². The lowest BCUT2D eigenvalue weighted by Gasteiger charge is -2.36. The number of piperidine rings is 1. The summed E-state index contributed by atoms with van der Waals surface area (Å²) in [6.07, 6.45) is 2.20. The van der Waals surface area contributed by atoms with Crippen LogP contribution in [0.25, 0.3) is 0 Å². The van der Waals surface area contributed by atoms with Gasteiger partial charge in [-0.2, -0.15) is 0 Å². The van der Waals surface area contributed by atoms with Crippen molar-refractivity contribution in [2.45, 2.75) is 57.8 Å². The maximum atomic E-state index is 13.1. The number of halogens is 1. The molecule has 0 N–H and O–H groups in total. The largest absolute Gasteiger partial charge is 0.299 e. The van der Waals surface area contributed by atoms with Crippen molar-refractivity contribution in [2.24, 2.45) is 0 Å². The molecule has 0 aromatic heterocycles. The normalized spacial score (nSPS) is 31.1. The summed E-state index contributed by atoms with van der Waals surface area (Å²) in [7, 11) is 0. The summed E-state index contributed by atoms with van der Waals surface area (Å²) in [6.45, 7) is 11.1. The number of alkyl halides is 1. The minimum Gasteiger partial charge on any atom is -0.299 e. The Kier molecular flexibility index (Phi) is 3.55. The Balaban J connectivity index is 1.84. The number of nitrogens with zero attached hydrogens (tertiary/aromatic N) is 2. The van der Waals surface area contributed by atoms with Gasteiger partial charge in [0, 0.05) is 37.8 Å². The first-order valence-electron chi connectivity index (χ1n) is 6.60. The predicted octanol–water partition coefficient (Wildman–Crippen LogP) is 2.29. The zero-order chi connectivity index (χ0) is 11.8. The van der Waals surface area contributed by atoms with E-state index in [1.165, 1.54) is 19.5 Å². The molecule has 0 aromatic rings. The van der Waals surface area contributed by atoms with Crippen molar-refractivity contribution in [3.8, 4) is 0 Å². The van der Waals surface area contributed by atoms with Gasteiger partial charge in [0.15, 0.2) is 0 Å². The van der Waals surface area contributed by atoms with Crippen LogP contribution in [0.5, 0.6) is 0 Å². The summed E-state index contributed by atoms with van der Waals surface area (Å²) in [5.41, 5.74) is 0.285. The summed E-state index contributed by atoms with van der Waals surface area (Å²) >= 11 is 0. The summed E-state index contributed by atoms with van der Waals surface area (Å²) in [6, 6.07) is 0.673. The zero-order valence-corrected chi connectivity index (χ0v) is 10.9. The Hall–Kier alpha value is -0.150. The molecule has 0 spiro atoms. The van der Waals surface area contributed by atoms with E-state index in [9.17, 15) is 4.39 Å². The summed E-state index contributed by atoms with van der Waals surface area (Å²) in [5, 5.41) is 0. The Morgan fingerprint density at radius 2 is 1.62 bits per heavy atom. The highest BCUT2D eigenvalue weighted by molar-refractivity contribution is 4.90. The molecular formula is C13H25FN2. The van der Waals surface area contributed by atoms with E-state index in [1.807, 2.05) is 0 Å². The predicted molar refractivity (Wildman–Crippen MR) is 65.4 cm³/mol. The molecule has 2 nitrogen and oxygen atoms in total. The lowest BCUT2D eigenvalue weighted by molar-refractivity contribution is 0.100. The Bertz CT molecular complexity index is 229. The SMILES string of the molecule is CC(C)(C)N1CC[C@@H](N2CCC(F)CC2)C1. The van der Waals surface area contributed by atoms with Gasteiger partial charge in [-0.15, -0.1) is 0 Å². The van der Waals surface area contributed by atoms with E-state index >= 15 is 0 Å². The number of likely N-dealkylation sites (tertiary alicyclic amines) is 2. The molecule has 0 radical (unpaired) electrons. The minimum absolute atomic E-state index is 0.285. The highest BCUT2D eigenvalue weighted by atomic mass is 19.1. The number of hydrogen-bond acceptors (Lipinski definition) is 2. The van der Waals surface area contributed by atoms with Crippen LogP contribution in [0.1, 0.15) is 40.0 Å². The molecule has 16 heavy (non-hydrogen) atoms. The minimum atomic E-state index is -0.545. The Morgan fingerprint density at radius 3 is 2.12 bits per heavy atom. The van der Waals surface area contributed by atoms with E-state index in [2.05, 4.69) is 30.6 Å². The first kappa shape index (κ1) is 12.3. The topological polar surface area (TPSA) is 6.48 Å². The van der Waals surface area contributed by atoms with E-state index in [-0.39, 0.29) is 5.54 Å². The molecular weight excluding hydrogens is 203 g/mol. The maximum absolute atomic E-state index is 13.1. The van der Waals surface area contributed by atoms with Gasteiger partial charge in [0.05, 0.1) is 0 Å². The molecule has 0 saturated carbocycles. The highest BCUT2D eigenvalue weighted by Gasteiger charge is 2.34. The monoisotopic (exact) mass is 228 g/mol. The van der Waals surface area contributed by atoms with Gasteiger partial charge in [-0.05, 0) is 40.0 Å². The molecule has 3 heteroatoms. The van der Waals surface area contributed by atoms with Crippen molar-refractivity contribution in [1.82, 2.24) is 9.80 Å². The molecule has 0 amide bonds. The third-order valence-corrected chi connectivity index (χ3v) is 4.09. The standard InChI is InChI=1S/C13H25FN2/c1-13(2,3)16-9-6-12(10-16)15-7-4-11(14)5-8-15/h11-12H,4-10H2,1-3H3/t12-/m1/s1. The molecule has 0 bridgehead atoms. The van der Waals surface area contributed by atoms with Gasteiger partial charge in [-0.25, -0.2) is 4.39 Å². The van der Waals surface area contributed by atoms with Gasteiger partial charge >= 0.3 is 0 Å². The van der Waals surface area contributed by atoms with E-state index in [0.29, 0.717) is 6.04 Å². The van der Waals surface area contributed by atoms with Crippen molar-refractivity contribution in [3.05, 3.63) is 0 Å². The van der Waals surface area contributed by atoms with Crippen molar-refractivity contribution >= 4 is 0 Å². The van der Waals surface area contributed by atoms with Crippen LogP contribution in [0.3, 0.4) is 0 Å². The molecule has 2 aliphatic heterocycles. The molecule has 2 saturated heterocycles. The second-order valence-corrected chi connectivity index (χ2v) is 6.27. The molecule has 1 atom stereocenters. The fourth-order valence-corrected chi connectivity index (χ4v) is 2.88. The fourth-order valence-electron chi connectivity index (χ4n) is 2.88. The second-order valence-electron chi connectivity index (χ2n) is 6.27. The average Bonchev–Trinajstić information content (AvgIpc) is 2.67. The quantitative estimate of drug-likeness (QED) is 0.679. The van der Waals surface area contributed by atoms with Crippen LogP contribution >= 0.6 is 0 Å². The van der Waals surface area contributed by atoms with Gasteiger partial charge in [0.2, 0.25) is 0 Å². The second kappa shape index (κ2) is 4.61. The first-order valence-corrected chi connectivity index (χ1v) is 6.60. The van der Waals surface area contributed by atoms with Gasteiger partial charge in [-0.1, -0.05) is 0 Å². The fraction of sp³-hybridized carbons (Fsp3) is 1.00. The van der Waals surface area contributed by atoms with E-state index in [4.69, 9.17) is 0 Å². The van der Waals surface area contributed by atoms with Crippen LogP contribution in [0.15, 0.2) is 0 Å².